The number of hydrogen-bond acceptors (Lipinski definition) is 9. The van der Waals surface area contributed by atoms with Crippen molar-refractivity contribution in [1.82, 2.24) is 14.6 Å². The van der Waals surface area contributed by atoms with Gasteiger partial charge in [0.25, 0.3) is 0 Å². The van der Waals surface area contributed by atoms with Crippen LogP contribution < -0.4 is 5.73 Å². The maximum absolute atomic E-state index is 12.1. The van der Waals surface area contributed by atoms with Crippen LogP contribution in [-0.4, -0.2) is 48.8 Å². The van der Waals surface area contributed by atoms with E-state index in [1.807, 2.05) is 32.9 Å². The van der Waals surface area contributed by atoms with Gasteiger partial charge in [0.1, 0.15) is 30.6 Å². The monoisotopic (exact) mass is 447 g/mol. The van der Waals surface area contributed by atoms with Gasteiger partial charge in [-0.05, 0) is 44.2 Å². The van der Waals surface area contributed by atoms with Gasteiger partial charge in [0.05, 0.1) is 12.1 Å². The lowest BCUT2D eigenvalue weighted by Gasteiger charge is -2.24. The number of anilines is 1. The molecule has 0 aliphatic carbocycles. The Morgan fingerprint density at radius 3 is 2.66 bits per heavy atom. The third-order valence-corrected chi connectivity index (χ3v) is 5.27. The Balaban J connectivity index is 0.000000654. The van der Waals surface area contributed by atoms with Crippen LogP contribution in [0.15, 0.2) is 18.5 Å². The minimum Gasteiger partial charge on any atom is -0.461 e. The Morgan fingerprint density at radius 2 is 2.06 bits per heavy atom. The van der Waals surface area contributed by atoms with Crippen molar-refractivity contribution in [2.45, 2.75) is 77.8 Å². The standard InChI is InChI=1S/C19H25N5O3.C3H8O2/c1-4-18(2,3)9-16(25)26-11-19(10-20)8-7-15(27-19)13-5-6-14-17(21)22-12-23-24(13)14;1-3(2,4)5/h5-6,12,15H,4,7-9,11H2,1-3H3,(H2,21,22,23);4-5H,1-2H3/t15?,19-;/m1./s1. The highest BCUT2D eigenvalue weighted by Crippen LogP contribution is 2.40. The second kappa shape index (κ2) is 9.81. The van der Waals surface area contributed by atoms with Crippen LogP contribution in [0.4, 0.5) is 5.82 Å². The summed E-state index contributed by atoms with van der Waals surface area (Å²) in [5.74, 6) is -1.43. The van der Waals surface area contributed by atoms with Gasteiger partial charge in [0.15, 0.2) is 17.2 Å². The average Bonchev–Trinajstić information content (AvgIpc) is 3.30. The van der Waals surface area contributed by atoms with Gasteiger partial charge in [-0.1, -0.05) is 27.2 Å². The molecule has 0 amide bonds. The Kier molecular flexibility index (Phi) is 7.83. The highest BCUT2D eigenvalue weighted by Gasteiger charge is 2.43. The normalized spacial score (nSPS) is 21.0. The molecule has 1 saturated heterocycles. The Hall–Kier alpha value is -2.74. The summed E-state index contributed by atoms with van der Waals surface area (Å²) in [5, 5.41) is 30.0. The number of nitriles is 1. The molecular formula is C22H33N5O5. The number of carbonyl (C=O) groups is 1. The number of ether oxygens (including phenoxy) is 2. The van der Waals surface area contributed by atoms with E-state index in [4.69, 9.17) is 25.4 Å². The van der Waals surface area contributed by atoms with Gasteiger partial charge in [-0.3, -0.25) is 4.79 Å². The number of rotatable bonds is 6. The molecule has 0 bridgehead atoms. The van der Waals surface area contributed by atoms with Gasteiger partial charge in [0, 0.05) is 0 Å². The smallest absolute Gasteiger partial charge is 0.306 e. The van der Waals surface area contributed by atoms with E-state index in [9.17, 15) is 10.1 Å². The number of aliphatic hydroxyl groups is 2. The van der Waals surface area contributed by atoms with E-state index in [-0.39, 0.29) is 24.1 Å². The summed E-state index contributed by atoms with van der Waals surface area (Å²) in [5.41, 5.74) is 6.10. The van der Waals surface area contributed by atoms with E-state index in [1.54, 1.807) is 4.52 Å². The van der Waals surface area contributed by atoms with Gasteiger partial charge >= 0.3 is 5.97 Å². The van der Waals surface area contributed by atoms with Crippen molar-refractivity contribution < 1.29 is 24.5 Å². The van der Waals surface area contributed by atoms with E-state index in [2.05, 4.69) is 16.2 Å². The van der Waals surface area contributed by atoms with Gasteiger partial charge in [-0.15, -0.1) is 0 Å². The third kappa shape index (κ3) is 6.88. The summed E-state index contributed by atoms with van der Waals surface area (Å²) in [6, 6.07) is 5.89. The Morgan fingerprint density at radius 1 is 1.41 bits per heavy atom. The fraction of sp³-hybridized carbons (Fsp3) is 0.636. The van der Waals surface area contributed by atoms with Crippen molar-refractivity contribution in [2.24, 2.45) is 5.41 Å². The molecule has 32 heavy (non-hydrogen) atoms. The first kappa shape index (κ1) is 25.5. The highest BCUT2D eigenvalue weighted by atomic mass is 16.6. The largest absolute Gasteiger partial charge is 0.461 e. The molecular weight excluding hydrogens is 414 g/mol. The van der Waals surface area contributed by atoms with Crippen LogP contribution in [0.3, 0.4) is 0 Å². The molecule has 0 aromatic carbocycles. The second-order valence-electron chi connectivity index (χ2n) is 9.30. The van der Waals surface area contributed by atoms with Gasteiger partial charge < -0.3 is 25.4 Å². The molecule has 10 heteroatoms. The molecule has 0 radical (unpaired) electrons. The minimum atomic E-state index is -1.50. The first-order chi connectivity index (χ1) is 14.8. The fourth-order valence-electron chi connectivity index (χ4n) is 3.16. The van der Waals surface area contributed by atoms with Crippen molar-refractivity contribution >= 4 is 17.3 Å². The first-order valence-electron chi connectivity index (χ1n) is 10.6. The molecule has 3 heterocycles. The molecule has 2 aromatic heterocycles. The van der Waals surface area contributed by atoms with E-state index in [0.29, 0.717) is 30.6 Å². The van der Waals surface area contributed by atoms with Crippen molar-refractivity contribution in [1.29, 1.82) is 5.26 Å². The number of esters is 1. The van der Waals surface area contributed by atoms with E-state index < -0.39 is 11.4 Å². The summed E-state index contributed by atoms with van der Waals surface area (Å²) < 4.78 is 13.1. The zero-order valence-electron chi connectivity index (χ0n) is 19.3. The lowest BCUT2D eigenvalue weighted by Crippen LogP contribution is -2.34. The van der Waals surface area contributed by atoms with Gasteiger partial charge in [-0.2, -0.15) is 10.4 Å². The maximum Gasteiger partial charge on any atom is 0.306 e. The fourth-order valence-corrected chi connectivity index (χ4v) is 3.16. The number of aromatic nitrogens is 3. The molecule has 1 aliphatic rings. The van der Waals surface area contributed by atoms with Crippen LogP contribution in [-0.2, 0) is 14.3 Å². The predicted molar refractivity (Wildman–Crippen MR) is 117 cm³/mol. The molecule has 2 atom stereocenters. The summed E-state index contributed by atoms with van der Waals surface area (Å²) in [4.78, 5) is 16.1. The van der Waals surface area contributed by atoms with Crippen molar-refractivity contribution in [3.63, 3.8) is 0 Å². The molecule has 1 fully saturated rings. The lowest BCUT2D eigenvalue weighted by atomic mass is 9.87. The molecule has 0 spiro atoms. The minimum absolute atomic E-state index is 0.0704. The topological polar surface area (TPSA) is 156 Å². The first-order valence-corrected chi connectivity index (χ1v) is 10.6. The van der Waals surface area contributed by atoms with Crippen LogP contribution in [0, 0.1) is 16.7 Å². The number of fused-ring (bicyclic) bond motifs is 1. The van der Waals surface area contributed by atoms with Crippen molar-refractivity contribution in [3.05, 3.63) is 24.2 Å². The number of nitrogens with two attached hydrogens (primary N) is 1. The van der Waals surface area contributed by atoms with Gasteiger partial charge in [0.2, 0.25) is 0 Å². The van der Waals surface area contributed by atoms with Crippen LogP contribution >= 0.6 is 0 Å². The molecule has 2 aromatic rings. The van der Waals surface area contributed by atoms with Crippen molar-refractivity contribution in [3.8, 4) is 6.07 Å². The molecule has 0 saturated carbocycles. The summed E-state index contributed by atoms with van der Waals surface area (Å²) in [6.07, 6.45) is 3.35. The highest BCUT2D eigenvalue weighted by molar-refractivity contribution is 5.70. The Labute approximate surface area is 188 Å². The summed E-state index contributed by atoms with van der Waals surface area (Å²) in [6.45, 7) is 8.59. The zero-order chi connectivity index (χ0) is 24.2. The summed E-state index contributed by atoms with van der Waals surface area (Å²) >= 11 is 0. The SMILES string of the molecule is CC(C)(O)O.CCC(C)(C)CC(=O)OC[C@]1(C#N)CCC(c2ccc3c(N)ncnn23)O1. The summed E-state index contributed by atoms with van der Waals surface area (Å²) in [7, 11) is 0. The molecule has 176 valence electrons. The molecule has 1 unspecified atom stereocenters. The predicted octanol–water partition coefficient (Wildman–Crippen LogP) is 2.50. The number of carbonyl (C=O) groups excluding carboxylic acids is 1. The second-order valence-corrected chi connectivity index (χ2v) is 9.30. The van der Waals surface area contributed by atoms with Crippen LogP contribution in [0.1, 0.15) is 72.1 Å². The number of nitrogens with zero attached hydrogens (tertiary/aromatic N) is 4. The van der Waals surface area contributed by atoms with Crippen LogP contribution in [0.2, 0.25) is 0 Å². The average molecular weight is 448 g/mol. The molecule has 1 aliphatic heterocycles. The van der Waals surface area contributed by atoms with Crippen LogP contribution in [0.25, 0.3) is 5.52 Å². The number of nitrogen functional groups attached to an aromatic ring is 1. The Bertz CT molecular complexity index is 969. The maximum atomic E-state index is 12.1. The quantitative estimate of drug-likeness (QED) is 0.447. The zero-order valence-corrected chi connectivity index (χ0v) is 19.3. The van der Waals surface area contributed by atoms with E-state index in [1.165, 1.54) is 20.2 Å². The molecule has 4 N–H and O–H groups in total. The van der Waals surface area contributed by atoms with E-state index >= 15 is 0 Å². The van der Waals surface area contributed by atoms with Crippen molar-refractivity contribution in [2.75, 3.05) is 12.3 Å². The molecule has 10 nitrogen and oxygen atoms in total. The lowest BCUT2D eigenvalue weighted by molar-refractivity contribution is -0.153. The number of hydrogen-bond donors (Lipinski definition) is 3. The molecule has 3 rings (SSSR count). The van der Waals surface area contributed by atoms with Gasteiger partial charge in [-0.25, -0.2) is 9.50 Å². The van der Waals surface area contributed by atoms with E-state index in [0.717, 1.165) is 12.1 Å². The van der Waals surface area contributed by atoms with Crippen LogP contribution in [0.5, 0.6) is 0 Å². The third-order valence-electron chi connectivity index (χ3n) is 5.27.